The molecule has 1 aliphatic rings. The van der Waals surface area contributed by atoms with Gasteiger partial charge in [-0.3, -0.25) is 0 Å². The van der Waals surface area contributed by atoms with E-state index in [4.69, 9.17) is 0 Å². The van der Waals surface area contributed by atoms with Gasteiger partial charge in [-0.25, -0.2) is 0 Å². The number of rotatable bonds is 3. The molecule has 0 aliphatic carbocycles. The van der Waals surface area contributed by atoms with Crippen LogP contribution in [-0.4, -0.2) is 47.7 Å². The van der Waals surface area contributed by atoms with Crippen molar-refractivity contribution in [2.45, 2.75) is 18.9 Å². The summed E-state index contributed by atoms with van der Waals surface area (Å²) in [5.74, 6) is 0. The first kappa shape index (κ1) is 15.0. The molecule has 5 rings (SSSR count). The molecule has 1 aromatic carbocycles. The third kappa shape index (κ3) is 2.59. The summed E-state index contributed by atoms with van der Waals surface area (Å²) >= 11 is 0. The highest BCUT2D eigenvalue weighted by molar-refractivity contribution is 5.74. The van der Waals surface area contributed by atoms with Crippen LogP contribution < -0.4 is 4.90 Å². The molecule has 4 heterocycles. The molecule has 130 valence electrons. The predicted molar refractivity (Wildman–Crippen MR) is 96.7 cm³/mol. The van der Waals surface area contributed by atoms with E-state index in [2.05, 4.69) is 53.2 Å². The molecular formula is C18H18N8. The quantitative estimate of drug-likeness (QED) is 0.566. The lowest BCUT2D eigenvalue weighted by Crippen LogP contribution is -2.34. The van der Waals surface area contributed by atoms with Gasteiger partial charge in [0, 0.05) is 24.7 Å². The summed E-state index contributed by atoms with van der Waals surface area (Å²) in [5, 5.41) is 20.8. The Hall–Kier alpha value is -3.29. The highest BCUT2D eigenvalue weighted by Crippen LogP contribution is 2.30. The van der Waals surface area contributed by atoms with Gasteiger partial charge in [0.25, 0.3) is 0 Å². The average Bonchev–Trinajstić information content (AvgIpc) is 3.40. The maximum absolute atomic E-state index is 4.66. The van der Waals surface area contributed by atoms with Gasteiger partial charge in [-0.1, -0.05) is 30.3 Å². The number of benzene rings is 1. The van der Waals surface area contributed by atoms with Crippen LogP contribution in [-0.2, 0) is 0 Å². The zero-order chi connectivity index (χ0) is 17.3. The van der Waals surface area contributed by atoms with E-state index in [-0.39, 0.29) is 0 Å². The van der Waals surface area contributed by atoms with Gasteiger partial charge in [-0.15, -0.1) is 20.4 Å². The number of nitrogens with zero attached hydrogens (tertiary/aromatic N) is 8. The van der Waals surface area contributed by atoms with Crippen LogP contribution in [0.3, 0.4) is 0 Å². The van der Waals surface area contributed by atoms with Gasteiger partial charge in [-0.2, -0.15) is 9.61 Å². The highest BCUT2D eigenvalue weighted by Gasteiger charge is 2.23. The maximum Gasteiger partial charge on any atom is 0.200 e. The standard InChI is InChI=1S/C18H18N8/c1-2-4-14(5-3-1)16-10-17(18-22-21-13-26(18)23-16)24-8-6-15(7-9-24)25-11-19-20-12-25/h1-5,10-13,15H,6-9H2. The molecular weight excluding hydrogens is 328 g/mol. The highest BCUT2D eigenvalue weighted by atomic mass is 15.4. The van der Waals surface area contributed by atoms with Crippen LogP contribution in [0.2, 0.25) is 0 Å². The van der Waals surface area contributed by atoms with Crippen molar-refractivity contribution in [2.24, 2.45) is 0 Å². The molecule has 0 radical (unpaired) electrons. The molecule has 0 unspecified atom stereocenters. The Morgan fingerprint density at radius 2 is 1.65 bits per heavy atom. The number of aromatic nitrogens is 7. The Morgan fingerprint density at radius 1 is 0.885 bits per heavy atom. The fourth-order valence-corrected chi connectivity index (χ4v) is 3.60. The second kappa shape index (κ2) is 6.21. The lowest BCUT2D eigenvalue weighted by atomic mass is 10.0. The van der Waals surface area contributed by atoms with Gasteiger partial charge in [-0.05, 0) is 18.9 Å². The van der Waals surface area contributed by atoms with Crippen molar-refractivity contribution < 1.29 is 0 Å². The van der Waals surface area contributed by atoms with Crippen molar-refractivity contribution in [2.75, 3.05) is 18.0 Å². The topological polar surface area (TPSA) is 77.0 Å². The summed E-state index contributed by atoms with van der Waals surface area (Å²) in [6.07, 6.45) is 7.35. The first-order chi connectivity index (χ1) is 12.9. The van der Waals surface area contributed by atoms with Gasteiger partial charge in [0.05, 0.1) is 11.4 Å². The summed E-state index contributed by atoms with van der Waals surface area (Å²) in [4.78, 5) is 2.37. The van der Waals surface area contributed by atoms with Gasteiger partial charge in [0.1, 0.15) is 19.0 Å². The molecule has 0 spiro atoms. The summed E-state index contributed by atoms with van der Waals surface area (Å²) in [6, 6.07) is 12.8. The fraction of sp³-hybridized carbons (Fsp3) is 0.278. The Kier molecular flexibility index (Phi) is 3.59. The minimum absolute atomic E-state index is 0.450. The second-order valence-corrected chi connectivity index (χ2v) is 6.51. The number of hydrogen-bond acceptors (Lipinski definition) is 6. The zero-order valence-corrected chi connectivity index (χ0v) is 14.2. The molecule has 0 atom stereocenters. The lowest BCUT2D eigenvalue weighted by molar-refractivity contribution is 0.395. The Morgan fingerprint density at radius 3 is 2.42 bits per heavy atom. The SMILES string of the molecule is c1ccc(-c2cc(N3CCC(n4cnnc4)CC3)c3nncn3n2)cc1. The predicted octanol–water partition coefficient (Wildman–Crippen LogP) is 2.22. The third-order valence-corrected chi connectivity index (χ3v) is 4.98. The zero-order valence-electron chi connectivity index (χ0n) is 14.2. The van der Waals surface area contributed by atoms with E-state index in [0.29, 0.717) is 6.04 Å². The Balaban J connectivity index is 1.48. The molecule has 0 amide bonds. The number of anilines is 1. The van der Waals surface area contributed by atoms with E-state index in [0.717, 1.165) is 48.5 Å². The van der Waals surface area contributed by atoms with Gasteiger partial charge in [0.2, 0.25) is 5.65 Å². The molecule has 1 fully saturated rings. The molecule has 1 aliphatic heterocycles. The molecule has 0 bridgehead atoms. The maximum atomic E-state index is 4.66. The first-order valence-corrected chi connectivity index (χ1v) is 8.74. The van der Waals surface area contributed by atoms with Crippen molar-refractivity contribution >= 4 is 11.3 Å². The minimum Gasteiger partial charge on any atom is -0.368 e. The van der Waals surface area contributed by atoms with Crippen molar-refractivity contribution in [1.29, 1.82) is 0 Å². The van der Waals surface area contributed by atoms with Gasteiger partial charge < -0.3 is 9.47 Å². The summed E-state index contributed by atoms with van der Waals surface area (Å²) < 4.78 is 3.87. The monoisotopic (exact) mass is 346 g/mol. The number of hydrogen-bond donors (Lipinski definition) is 0. The van der Waals surface area contributed by atoms with Crippen molar-refractivity contribution in [3.63, 3.8) is 0 Å². The van der Waals surface area contributed by atoms with Crippen LogP contribution in [0.5, 0.6) is 0 Å². The van der Waals surface area contributed by atoms with Crippen LogP contribution in [0.4, 0.5) is 5.69 Å². The smallest absolute Gasteiger partial charge is 0.200 e. The summed E-state index contributed by atoms with van der Waals surface area (Å²) in [6.45, 7) is 1.90. The van der Waals surface area contributed by atoms with Crippen LogP contribution >= 0.6 is 0 Å². The Bertz CT molecular complexity index is 1000. The molecule has 8 heteroatoms. The van der Waals surface area contributed by atoms with Crippen LogP contribution in [0.15, 0.2) is 55.4 Å². The van der Waals surface area contributed by atoms with E-state index < -0.39 is 0 Å². The van der Waals surface area contributed by atoms with Crippen molar-refractivity contribution in [1.82, 2.24) is 34.6 Å². The molecule has 1 saturated heterocycles. The van der Waals surface area contributed by atoms with Crippen molar-refractivity contribution in [3.8, 4) is 11.3 Å². The Labute approximate surface area is 150 Å². The van der Waals surface area contributed by atoms with Gasteiger partial charge >= 0.3 is 0 Å². The molecule has 8 nitrogen and oxygen atoms in total. The third-order valence-electron chi connectivity index (χ3n) is 4.98. The average molecular weight is 346 g/mol. The first-order valence-electron chi connectivity index (χ1n) is 8.74. The molecule has 3 aromatic heterocycles. The largest absolute Gasteiger partial charge is 0.368 e. The van der Waals surface area contributed by atoms with Crippen molar-refractivity contribution in [3.05, 3.63) is 55.4 Å². The second-order valence-electron chi connectivity index (χ2n) is 6.51. The van der Waals surface area contributed by atoms with E-state index in [9.17, 15) is 0 Å². The molecule has 0 saturated carbocycles. The number of fused-ring (bicyclic) bond motifs is 1. The van der Waals surface area contributed by atoms with E-state index in [1.165, 1.54) is 0 Å². The summed E-state index contributed by atoms with van der Waals surface area (Å²) in [7, 11) is 0. The van der Waals surface area contributed by atoms with Gasteiger partial charge in [0.15, 0.2) is 0 Å². The van der Waals surface area contributed by atoms with E-state index in [1.807, 2.05) is 18.2 Å². The van der Waals surface area contributed by atoms with Crippen LogP contribution in [0.1, 0.15) is 18.9 Å². The number of piperidine rings is 1. The van der Waals surface area contributed by atoms with Crippen LogP contribution in [0, 0.1) is 0 Å². The minimum atomic E-state index is 0.450. The summed E-state index contributed by atoms with van der Waals surface area (Å²) in [5.41, 5.74) is 3.89. The van der Waals surface area contributed by atoms with Crippen LogP contribution in [0.25, 0.3) is 16.9 Å². The lowest BCUT2D eigenvalue weighted by Gasteiger charge is -2.33. The van der Waals surface area contributed by atoms with E-state index >= 15 is 0 Å². The van der Waals surface area contributed by atoms with E-state index in [1.54, 1.807) is 23.5 Å². The fourth-order valence-electron chi connectivity index (χ4n) is 3.60. The normalized spacial score (nSPS) is 15.6. The molecule has 0 N–H and O–H groups in total. The molecule has 4 aromatic rings. The molecule has 26 heavy (non-hydrogen) atoms.